The molecule has 0 fully saturated rings. The zero-order valence-corrected chi connectivity index (χ0v) is 25.3. The maximum atomic E-state index is 15.4. The third kappa shape index (κ3) is 7.75. The standard InChI is InChI=1S/C29H28F4N6O5S/c1-38(13-26(41)36-19-5-7-20(8-6-19)45(4)42)23-12-18(29(31,32)33)11-21(27(23)39(2)16-40)17-9-22(30)28(24(10-17)43-3)44-14-25-34-15-35-37-25/h5-12,15-16H,13-14H2,1-4H3,(H,36,41)(H,34,35,37). The molecule has 2 amide bonds. The molecular weight excluding hydrogens is 620 g/mol. The van der Waals surface area contributed by atoms with E-state index in [1.165, 1.54) is 44.8 Å². The molecule has 1 aromatic heterocycles. The van der Waals surface area contributed by atoms with Gasteiger partial charge < -0.3 is 24.6 Å². The lowest BCUT2D eigenvalue weighted by Crippen LogP contribution is -2.32. The van der Waals surface area contributed by atoms with Crippen LogP contribution in [0.3, 0.4) is 0 Å². The number of halogens is 4. The minimum absolute atomic E-state index is 0.0279. The number of anilines is 3. The lowest BCUT2D eigenvalue weighted by molar-refractivity contribution is -0.137. The predicted molar refractivity (Wildman–Crippen MR) is 159 cm³/mol. The van der Waals surface area contributed by atoms with Gasteiger partial charge in [0.05, 0.1) is 30.6 Å². The number of benzene rings is 3. The van der Waals surface area contributed by atoms with Crippen LogP contribution in [0.15, 0.2) is 59.8 Å². The monoisotopic (exact) mass is 648 g/mol. The second kappa shape index (κ2) is 13.8. The number of rotatable bonds is 12. The lowest BCUT2D eigenvalue weighted by atomic mass is 9.97. The Hall–Kier alpha value is -4.99. The molecule has 0 aliphatic carbocycles. The number of hydrogen-bond donors (Lipinski definition) is 2. The van der Waals surface area contributed by atoms with Crippen molar-refractivity contribution in [2.45, 2.75) is 17.7 Å². The average Bonchev–Trinajstić information content (AvgIpc) is 3.52. The smallest absolute Gasteiger partial charge is 0.416 e. The van der Waals surface area contributed by atoms with E-state index in [0.29, 0.717) is 22.8 Å². The molecule has 1 atom stereocenters. The SMILES string of the molecule is COc1cc(-c2cc(C(F)(F)F)cc(N(C)CC(=O)Nc3ccc(S(C)=O)cc3)c2N(C)C=O)cc(F)c1OCc1ncn[nH]1. The highest BCUT2D eigenvalue weighted by atomic mass is 32.2. The zero-order valence-electron chi connectivity index (χ0n) is 24.4. The molecule has 0 aliphatic heterocycles. The summed E-state index contributed by atoms with van der Waals surface area (Å²) in [6.07, 6.45) is -1.72. The molecule has 11 nitrogen and oxygen atoms in total. The first-order valence-corrected chi connectivity index (χ1v) is 14.6. The summed E-state index contributed by atoms with van der Waals surface area (Å²) in [5.41, 5.74) is -1.10. The lowest BCUT2D eigenvalue weighted by Gasteiger charge is -2.28. The van der Waals surface area contributed by atoms with E-state index in [1.807, 2.05) is 0 Å². The molecule has 2 N–H and O–H groups in total. The second-order valence-corrected chi connectivity index (χ2v) is 11.1. The van der Waals surface area contributed by atoms with Crippen LogP contribution in [-0.2, 0) is 33.2 Å². The van der Waals surface area contributed by atoms with Crippen molar-refractivity contribution in [2.75, 3.05) is 49.1 Å². The van der Waals surface area contributed by atoms with E-state index in [0.717, 1.165) is 23.1 Å². The van der Waals surface area contributed by atoms with Crippen LogP contribution in [0.25, 0.3) is 11.1 Å². The number of likely N-dealkylation sites (N-methyl/N-ethyl adjacent to an activating group) is 1. The van der Waals surface area contributed by atoms with E-state index < -0.39 is 40.8 Å². The van der Waals surface area contributed by atoms with Crippen LogP contribution in [0.4, 0.5) is 34.6 Å². The first-order chi connectivity index (χ1) is 21.3. The molecule has 238 valence electrons. The van der Waals surface area contributed by atoms with Gasteiger partial charge in [0.25, 0.3) is 0 Å². The molecule has 3 aromatic carbocycles. The van der Waals surface area contributed by atoms with Crippen molar-refractivity contribution in [1.82, 2.24) is 15.2 Å². The summed E-state index contributed by atoms with van der Waals surface area (Å²) in [5, 5.41) is 8.88. The summed E-state index contributed by atoms with van der Waals surface area (Å²) in [5.74, 6) is -1.69. The van der Waals surface area contributed by atoms with Gasteiger partial charge in [-0.1, -0.05) is 0 Å². The molecule has 0 saturated heterocycles. The maximum absolute atomic E-state index is 15.4. The number of nitrogens with one attached hydrogen (secondary N) is 2. The summed E-state index contributed by atoms with van der Waals surface area (Å²) in [7, 11) is 2.71. The number of alkyl halides is 3. The van der Waals surface area contributed by atoms with Crippen LogP contribution in [0.2, 0.25) is 0 Å². The van der Waals surface area contributed by atoms with Crippen molar-refractivity contribution >= 4 is 40.2 Å². The normalized spacial score (nSPS) is 11.9. The molecule has 4 rings (SSSR count). The summed E-state index contributed by atoms with van der Waals surface area (Å²) >= 11 is 0. The minimum Gasteiger partial charge on any atom is -0.493 e. The predicted octanol–water partition coefficient (Wildman–Crippen LogP) is 4.62. The maximum Gasteiger partial charge on any atom is 0.416 e. The number of aromatic amines is 1. The number of amides is 2. The van der Waals surface area contributed by atoms with Crippen LogP contribution in [0, 0.1) is 5.82 Å². The van der Waals surface area contributed by atoms with Gasteiger partial charge in [-0.25, -0.2) is 9.37 Å². The van der Waals surface area contributed by atoms with E-state index in [1.54, 1.807) is 24.3 Å². The van der Waals surface area contributed by atoms with E-state index >= 15 is 4.39 Å². The molecule has 4 aromatic rings. The van der Waals surface area contributed by atoms with Crippen LogP contribution >= 0.6 is 0 Å². The zero-order chi connectivity index (χ0) is 32.9. The summed E-state index contributed by atoms with van der Waals surface area (Å²) in [4.78, 5) is 31.6. The highest BCUT2D eigenvalue weighted by molar-refractivity contribution is 7.84. The van der Waals surface area contributed by atoms with Crippen LogP contribution in [0.1, 0.15) is 11.4 Å². The third-order valence-electron chi connectivity index (χ3n) is 6.55. The third-order valence-corrected chi connectivity index (χ3v) is 7.48. The van der Waals surface area contributed by atoms with E-state index in [-0.39, 0.29) is 40.6 Å². The Labute approximate surface area is 257 Å². The number of carbonyl (C=O) groups excluding carboxylic acids is 2. The van der Waals surface area contributed by atoms with Gasteiger partial charge >= 0.3 is 6.18 Å². The molecule has 1 unspecified atom stereocenters. The summed E-state index contributed by atoms with van der Waals surface area (Å²) in [6.45, 7) is -0.622. The van der Waals surface area contributed by atoms with Crippen molar-refractivity contribution in [3.63, 3.8) is 0 Å². The first kappa shape index (κ1) is 32.9. The van der Waals surface area contributed by atoms with E-state index in [2.05, 4.69) is 20.5 Å². The molecule has 0 saturated carbocycles. The number of ether oxygens (including phenoxy) is 2. The van der Waals surface area contributed by atoms with Gasteiger partial charge in [0.1, 0.15) is 12.9 Å². The number of nitrogens with zero attached hydrogens (tertiary/aromatic N) is 4. The van der Waals surface area contributed by atoms with Crippen LogP contribution in [-0.4, -0.2) is 65.7 Å². The number of aromatic nitrogens is 3. The molecule has 0 spiro atoms. The highest BCUT2D eigenvalue weighted by Gasteiger charge is 2.34. The quantitative estimate of drug-likeness (QED) is 0.168. The molecular formula is C29H28F4N6O5S. The van der Waals surface area contributed by atoms with Crippen molar-refractivity contribution in [2.24, 2.45) is 0 Å². The van der Waals surface area contributed by atoms with Crippen molar-refractivity contribution in [3.8, 4) is 22.6 Å². The number of H-pyrrole nitrogens is 1. The van der Waals surface area contributed by atoms with Gasteiger partial charge in [-0.2, -0.15) is 18.3 Å². The minimum atomic E-state index is -4.84. The summed E-state index contributed by atoms with van der Waals surface area (Å²) in [6, 6.07) is 10.1. The molecule has 45 heavy (non-hydrogen) atoms. The summed E-state index contributed by atoms with van der Waals surface area (Å²) < 4.78 is 80.4. The van der Waals surface area contributed by atoms with Gasteiger partial charge in [0.2, 0.25) is 12.3 Å². The van der Waals surface area contributed by atoms with Gasteiger partial charge in [-0.15, -0.1) is 0 Å². The number of carbonyl (C=O) groups is 2. The Morgan fingerprint density at radius 2 is 1.84 bits per heavy atom. The van der Waals surface area contributed by atoms with Gasteiger partial charge in [0, 0.05) is 47.3 Å². The first-order valence-electron chi connectivity index (χ1n) is 13.0. The molecule has 0 radical (unpaired) electrons. The Bertz CT molecular complexity index is 1700. The highest BCUT2D eigenvalue weighted by Crippen LogP contribution is 2.46. The molecule has 0 aliphatic rings. The van der Waals surface area contributed by atoms with Crippen molar-refractivity contribution < 1.29 is 40.8 Å². The topological polar surface area (TPSA) is 130 Å². The Kier molecular flexibility index (Phi) is 10.1. The van der Waals surface area contributed by atoms with Gasteiger partial charge in [0.15, 0.2) is 23.1 Å². The second-order valence-electron chi connectivity index (χ2n) is 9.70. The average molecular weight is 649 g/mol. The Balaban J connectivity index is 1.76. The van der Waals surface area contributed by atoms with Crippen LogP contribution in [0.5, 0.6) is 11.5 Å². The van der Waals surface area contributed by atoms with Gasteiger partial charge in [-0.05, 0) is 54.1 Å². The fourth-order valence-corrected chi connectivity index (χ4v) is 4.92. The molecule has 0 bridgehead atoms. The molecule has 1 heterocycles. The number of methoxy groups -OCH3 is 1. The van der Waals surface area contributed by atoms with E-state index in [9.17, 15) is 27.0 Å². The van der Waals surface area contributed by atoms with E-state index in [4.69, 9.17) is 9.47 Å². The largest absolute Gasteiger partial charge is 0.493 e. The van der Waals surface area contributed by atoms with Crippen LogP contribution < -0.4 is 24.6 Å². The Morgan fingerprint density at radius 3 is 2.42 bits per heavy atom. The fourth-order valence-electron chi connectivity index (χ4n) is 4.40. The van der Waals surface area contributed by atoms with Crippen molar-refractivity contribution in [1.29, 1.82) is 0 Å². The molecule has 16 heteroatoms. The Morgan fingerprint density at radius 1 is 1.13 bits per heavy atom. The fraction of sp³-hybridized carbons (Fsp3) is 0.241. The van der Waals surface area contributed by atoms with Crippen molar-refractivity contribution in [3.05, 3.63) is 72.1 Å². The number of hydrogen-bond acceptors (Lipinski definition) is 8. The van der Waals surface area contributed by atoms with Gasteiger partial charge in [-0.3, -0.25) is 18.9 Å².